The van der Waals surface area contributed by atoms with Crippen LogP contribution in [0.2, 0.25) is 0 Å². The van der Waals surface area contributed by atoms with E-state index in [1.54, 1.807) is 24.3 Å². The van der Waals surface area contributed by atoms with E-state index >= 15 is 0 Å². The number of hydrogen-bond acceptors (Lipinski definition) is 4. The van der Waals surface area contributed by atoms with E-state index in [9.17, 15) is 9.18 Å². The van der Waals surface area contributed by atoms with Gasteiger partial charge in [-0.15, -0.1) is 0 Å². The van der Waals surface area contributed by atoms with Gasteiger partial charge >= 0.3 is 0 Å². The molecule has 0 N–H and O–H groups in total. The number of imidazole rings is 1. The standard InChI is InChI=1S/C24H28FN3O3/c1-3-5-6-12-27(24(29)17-7-10-21-22(13-17)31-16-30-21)15-23-26-19-9-8-18(25)14-20(19)28(23)11-4-2/h7-10,13-14H,3-6,11-12,15-16H2,1-2H3. The molecule has 7 heteroatoms. The first-order valence-electron chi connectivity index (χ1n) is 10.9. The van der Waals surface area contributed by atoms with Crippen LogP contribution in [0, 0.1) is 5.82 Å². The third-order valence-electron chi connectivity index (χ3n) is 5.51. The zero-order valence-electron chi connectivity index (χ0n) is 18.1. The second-order valence-corrected chi connectivity index (χ2v) is 7.81. The highest BCUT2D eigenvalue weighted by molar-refractivity contribution is 5.95. The van der Waals surface area contributed by atoms with E-state index in [1.807, 2.05) is 9.47 Å². The van der Waals surface area contributed by atoms with E-state index in [-0.39, 0.29) is 18.5 Å². The largest absolute Gasteiger partial charge is 0.454 e. The number of hydrogen-bond donors (Lipinski definition) is 0. The van der Waals surface area contributed by atoms with Crippen LogP contribution in [0.4, 0.5) is 4.39 Å². The Hall–Kier alpha value is -3.09. The SMILES string of the molecule is CCCCCN(Cc1nc2ccc(F)cc2n1CCC)C(=O)c1ccc2c(c1)OCO2. The van der Waals surface area contributed by atoms with Crippen molar-refractivity contribution in [2.45, 2.75) is 52.6 Å². The van der Waals surface area contributed by atoms with Crippen LogP contribution >= 0.6 is 0 Å². The number of benzene rings is 2. The fraction of sp³-hybridized carbons (Fsp3) is 0.417. The van der Waals surface area contributed by atoms with Gasteiger partial charge in [-0.05, 0) is 49.2 Å². The Bertz CT molecular complexity index is 1080. The van der Waals surface area contributed by atoms with Crippen LogP contribution < -0.4 is 9.47 Å². The summed E-state index contributed by atoms with van der Waals surface area (Å²) in [4.78, 5) is 20.0. The zero-order chi connectivity index (χ0) is 21.8. The Morgan fingerprint density at radius 3 is 2.74 bits per heavy atom. The van der Waals surface area contributed by atoms with Gasteiger partial charge in [-0.25, -0.2) is 9.37 Å². The molecule has 0 atom stereocenters. The molecule has 164 valence electrons. The Kier molecular flexibility index (Phi) is 6.39. The van der Waals surface area contributed by atoms with Crippen molar-refractivity contribution >= 4 is 16.9 Å². The fourth-order valence-electron chi connectivity index (χ4n) is 3.93. The number of ether oxygens (including phenoxy) is 2. The first kappa shape index (κ1) is 21.2. The quantitative estimate of drug-likeness (QED) is 0.445. The van der Waals surface area contributed by atoms with Gasteiger partial charge < -0.3 is 18.9 Å². The normalized spacial score (nSPS) is 12.5. The highest BCUT2D eigenvalue weighted by Crippen LogP contribution is 2.33. The van der Waals surface area contributed by atoms with E-state index < -0.39 is 0 Å². The molecular weight excluding hydrogens is 397 g/mol. The van der Waals surface area contributed by atoms with E-state index in [0.29, 0.717) is 30.2 Å². The number of carbonyl (C=O) groups excluding carboxylic acids is 1. The van der Waals surface area contributed by atoms with Crippen LogP contribution in [0.15, 0.2) is 36.4 Å². The van der Waals surface area contributed by atoms with Crippen molar-refractivity contribution in [3.63, 3.8) is 0 Å². The molecule has 0 aliphatic carbocycles. The smallest absolute Gasteiger partial charge is 0.254 e. The van der Waals surface area contributed by atoms with Crippen LogP contribution in [0.3, 0.4) is 0 Å². The molecule has 0 fully saturated rings. The summed E-state index contributed by atoms with van der Waals surface area (Å²) in [6, 6.07) is 9.92. The number of carbonyl (C=O) groups is 1. The molecule has 6 nitrogen and oxygen atoms in total. The van der Waals surface area contributed by atoms with E-state index in [2.05, 4.69) is 13.8 Å². The molecule has 1 aromatic heterocycles. The molecule has 2 aromatic carbocycles. The van der Waals surface area contributed by atoms with Crippen molar-refractivity contribution in [3.8, 4) is 11.5 Å². The summed E-state index contributed by atoms with van der Waals surface area (Å²) >= 11 is 0. The average molecular weight is 426 g/mol. The predicted molar refractivity (Wildman–Crippen MR) is 117 cm³/mol. The third-order valence-corrected chi connectivity index (χ3v) is 5.51. The van der Waals surface area contributed by atoms with Gasteiger partial charge in [0.25, 0.3) is 5.91 Å². The van der Waals surface area contributed by atoms with Crippen molar-refractivity contribution in [2.75, 3.05) is 13.3 Å². The molecule has 1 aliphatic rings. The summed E-state index contributed by atoms with van der Waals surface area (Å²) in [5.74, 6) is 1.66. The van der Waals surface area contributed by atoms with Gasteiger partial charge in [0.15, 0.2) is 11.5 Å². The van der Waals surface area contributed by atoms with Crippen molar-refractivity contribution in [1.29, 1.82) is 0 Å². The zero-order valence-corrected chi connectivity index (χ0v) is 18.1. The highest BCUT2D eigenvalue weighted by Gasteiger charge is 2.22. The molecule has 0 unspecified atom stereocenters. The van der Waals surface area contributed by atoms with Crippen molar-refractivity contribution < 1.29 is 18.7 Å². The molecular formula is C24H28FN3O3. The van der Waals surface area contributed by atoms with Crippen LogP contribution in [0.25, 0.3) is 11.0 Å². The van der Waals surface area contributed by atoms with Crippen LogP contribution in [0.1, 0.15) is 55.7 Å². The highest BCUT2D eigenvalue weighted by atomic mass is 19.1. The van der Waals surface area contributed by atoms with Gasteiger partial charge in [0, 0.05) is 18.7 Å². The molecule has 4 rings (SSSR count). The average Bonchev–Trinajstić information content (AvgIpc) is 3.37. The van der Waals surface area contributed by atoms with Gasteiger partial charge in [0.1, 0.15) is 11.6 Å². The molecule has 31 heavy (non-hydrogen) atoms. The number of unbranched alkanes of at least 4 members (excludes halogenated alkanes) is 2. The summed E-state index contributed by atoms with van der Waals surface area (Å²) in [6.07, 6.45) is 3.91. The maximum absolute atomic E-state index is 13.9. The Labute approximate surface area is 181 Å². The molecule has 0 saturated carbocycles. The summed E-state index contributed by atoms with van der Waals surface area (Å²) in [6.45, 7) is 6.10. The number of fused-ring (bicyclic) bond motifs is 2. The fourth-order valence-corrected chi connectivity index (χ4v) is 3.93. The number of aromatic nitrogens is 2. The third kappa shape index (κ3) is 4.50. The van der Waals surface area contributed by atoms with Gasteiger partial charge in [-0.3, -0.25) is 4.79 Å². The minimum absolute atomic E-state index is 0.0734. The lowest BCUT2D eigenvalue weighted by molar-refractivity contribution is 0.0733. The second kappa shape index (κ2) is 9.37. The lowest BCUT2D eigenvalue weighted by Gasteiger charge is -2.23. The lowest BCUT2D eigenvalue weighted by atomic mass is 10.1. The Morgan fingerprint density at radius 2 is 1.94 bits per heavy atom. The number of halogens is 1. The molecule has 1 amide bonds. The monoisotopic (exact) mass is 425 g/mol. The second-order valence-electron chi connectivity index (χ2n) is 7.81. The summed E-state index contributed by atoms with van der Waals surface area (Å²) in [5, 5.41) is 0. The maximum atomic E-state index is 13.9. The van der Waals surface area contributed by atoms with Crippen LogP contribution in [-0.2, 0) is 13.1 Å². The van der Waals surface area contributed by atoms with Gasteiger partial charge in [-0.1, -0.05) is 26.7 Å². The van der Waals surface area contributed by atoms with Gasteiger partial charge in [0.2, 0.25) is 6.79 Å². The summed E-state index contributed by atoms with van der Waals surface area (Å²) in [7, 11) is 0. The minimum atomic E-state index is -0.285. The molecule has 0 spiro atoms. The van der Waals surface area contributed by atoms with Crippen LogP contribution in [-0.4, -0.2) is 33.7 Å². The first-order valence-corrected chi connectivity index (χ1v) is 10.9. The van der Waals surface area contributed by atoms with E-state index in [0.717, 1.165) is 49.1 Å². The van der Waals surface area contributed by atoms with E-state index in [4.69, 9.17) is 14.5 Å². The first-order chi connectivity index (χ1) is 15.1. The Morgan fingerprint density at radius 1 is 1.10 bits per heavy atom. The molecule has 3 aromatic rings. The molecule has 0 radical (unpaired) electrons. The van der Waals surface area contributed by atoms with Crippen molar-refractivity contribution in [3.05, 3.63) is 53.6 Å². The molecule has 2 heterocycles. The predicted octanol–water partition coefficient (Wildman–Crippen LogP) is 5.15. The molecule has 0 saturated heterocycles. The Balaban J connectivity index is 1.65. The summed E-state index contributed by atoms with van der Waals surface area (Å²) < 4.78 is 26.7. The number of amides is 1. The van der Waals surface area contributed by atoms with E-state index in [1.165, 1.54) is 12.1 Å². The number of rotatable bonds is 9. The number of aryl methyl sites for hydroxylation is 1. The lowest BCUT2D eigenvalue weighted by Crippen LogP contribution is -2.32. The summed E-state index contributed by atoms with van der Waals surface area (Å²) in [5.41, 5.74) is 2.07. The van der Waals surface area contributed by atoms with Crippen LogP contribution in [0.5, 0.6) is 11.5 Å². The molecule has 0 bridgehead atoms. The van der Waals surface area contributed by atoms with Gasteiger partial charge in [-0.2, -0.15) is 0 Å². The minimum Gasteiger partial charge on any atom is -0.454 e. The van der Waals surface area contributed by atoms with Crippen molar-refractivity contribution in [2.24, 2.45) is 0 Å². The van der Waals surface area contributed by atoms with Gasteiger partial charge in [0.05, 0.1) is 17.6 Å². The maximum Gasteiger partial charge on any atom is 0.254 e. The number of nitrogens with zero attached hydrogens (tertiary/aromatic N) is 3. The van der Waals surface area contributed by atoms with Crippen molar-refractivity contribution in [1.82, 2.24) is 14.5 Å². The topological polar surface area (TPSA) is 56.6 Å². The molecule has 1 aliphatic heterocycles.